The van der Waals surface area contributed by atoms with E-state index in [4.69, 9.17) is 5.73 Å². The van der Waals surface area contributed by atoms with E-state index in [-0.39, 0.29) is 24.4 Å². The van der Waals surface area contributed by atoms with Crippen molar-refractivity contribution in [3.05, 3.63) is 22.4 Å². The molecule has 1 aliphatic rings. The first-order valence-corrected chi connectivity index (χ1v) is 6.69. The van der Waals surface area contributed by atoms with E-state index in [1.54, 1.807) is 11.3 Å². The molecule has 2 amide bonds. The Labute approximate surface area is 110 Å². The first-order valence-electron chi connectivity index (χ1n) is 5.81. The van der Waals surface area contributed by atoms with Crippen molar-refractivity contribution < 1.29 is 9.59 Å². The fraction of sp³-hybridized carbons (Fsp3) is 0.500. The predicted molar refractivity (Wildman–Crippen MR) is 70.0 cm³/mol. The molecule has 98 valence electrons. The van der Waals surface area contributed by atoms with E-state index in [2.05, 4.69) is 5.32 Å². The number of amides is 2. The van der Waals surface area contributed by atoms with Gasteiger partial charge in [-0.15, -0.1) is 11.3 Å². The van der Waals surface area contributed by atoms with Gasteiger partial charge in [0.05, 0.1) is 18.1 Å². The number of piperazine rings is 1. The summed E-state index contributed by atoms with van der Waals surface area (Å²) in [7, 11) is 0. The number of nitrogens with zero attached hydrogens (tertiary/aromatic N) is 1. The van der Waals surface area contributed by atoms with Crippen LogP contribution in [0.3, 0.4) is 0 Å². The molecule has 5 nitrogen and oxygen atoms in total. The Morgan fingerprint density at radius 2 is 2.28 bits per heavy atom. The molecule has 0 spiro atoms. The van der Waals surface area contributed by atoms with Gasteiger partial charge >= 0.3 is 0 Å². The minimum Gasteiger partial charge on any atom is -0.329 e. The van der Waals surface area contributed by atoms with Crippen LogP contribution in [0.25, 0.3) is 0 Å². The number of hydrogen-bond donors (Lipinski definition) is 2. The largest absolute Gasteiger partial charge is 0.329 e. The zero-order valence-electron chi connectivity index (χ0n) is 10.5. The van der Waals surface area contributed by atoms with Crippen LogP contribution in [0.4, 0.5) is 0 Å². The number of nitrogens with two attached hydrogens (primary N) is 1. The van der Waals surface area contributed by atoms with Crippen molar-refractivity contribution in [2.24, 2.45) is 5.73 Å². The van der Waals surface area contributed by atoms with E-state index in [1.165, 1.54) is 0 Å². The standard InChI is InChI=1S/C12H17N3O2S/c1-12(2)11(17)14-10(16)7-15(12)8(6-13)9-4-3-5-18-9/h3-5,8H,6-7,13H2,1-2H3,(H,14,16,17). The van der Waals surface area contributed by atoms with E-state index < -0.39 is 5.54 Å². The van der Waals surface area contributed by atoms with Gasteiger partial charge in [0.1, 0.15) is 0 Å². The molecule has 2 heterocycles. The molecule has 1 atom stereocenters. The third kappa shape index (κ3) is 2.19. The number of thiophene rings is 1. The van der Waals surface area contributed by atoms with Gasteiger partial charge < -0.3 is 5.73 Å². The van der Waals surface area contributed by atoms with Crippen molar-refractivity contribution in [1.29, 1.82) is 0 Å². The molecule has 1 aromatic rings. The van der Waals surface area contributed by atoms with Crippen LogP contribution in [0.5, 0.6) is 0 Å². The Balaban J connectivity index is 2.34. The van der Waals surface area contributed by atoms with Gasteiger partial charge in [-0.2, -0.15) is 0 Å². The van der Waals surface area contributed by atoms with Crippen molar-refractivity contribution in [2.45, 2.75) is 25.4 Å². The number of rotatable bonds is 3. The molecule has 0 bridgehead atoms. The monoisotopic (exact) mass is 267 g/mol. The van der Waals surface area contributed by atoms with E-state index in [1.807, 2.05) is 36.3 Å². The summed E-state index contributed by atoms with van der Waals surface area (Å²) in [6.07, 6.45) is 0. The normalized spacial score (nSPS) is 21.7. The van der Waals surface area contributed by atoms with Crippen LogP contribution in [0.1, 0.15) is 24.8 Å². The van der Waals surface area contributed by atoms with Crippen molar-refractivity contribution in [1.82, 2.24) is 10.2 Å². The summed E-state index contributed by atoms with van der Waals surface area (Å²) in [6, 6.07) is 3.83. The van der Waals surface area contributed by atoms with Crippen LogP contribution >= 0.6 is 11.3 Å². The SMILES string of the molecule is CC1(C)C(=O)NC(=O)CN1C(CN)c1cccs1. The number of carbonyl (C=O) groups is 2. The van der Waals surface area contributed by atoms with Gasteiger partial charge in [0.2, 0.25) is 11.8 Å². The molecule has 6 heteroatoms. The highest BCUT2D eigenvalue weighted by Gasteiger charge is 2.44. The smallest absolute Gasteiger partial charge is 0.246 e. The minimum atomic E-state index is -0.734. The maximum atomic E-state index is 11.9. The fourth-order valence-corrected chi connectivity index (χ4v) is 3.03. The van der Waals surface area contributed by atoms with Gasteiger partial charge in [0, 0.05) is 11.4 Å². The van der Waals surface area contributed by atoms with Crippen LogP contribution in [0, 0.1) is 0 Å². The quantitative estimate of drug-likeness (QED) is 0.781. The third-order valence-corrected chi connectivity index (χ3v) is 4.29. The minimum absolute atomic E-state index is 0.102. The number of nitrogens with one attached hydrogen (secondary N) is 1. The van der Waals surface area contributed by atoms with Crippen LogP contribution in [0.15, 0.2) is 17.5 Å². The van der Waals surface area contributed by atoms with Crippen molar-refractivity contribution in [3.63, 3.8) is 0 Å². The summed E-state index contributed by atoms with van der Waals surface area (Å²) in [5, 5.41) is 4.34. The van der Waals surface area contributed by atoms with Crippen LogP contribution in [0.2, 0.25) is 0 Å². The molecule has 0 aliphatic carbocycles. The molecule has 2 rings (SSSR count). The Morgan fingerprint density at radius 1 is 1.56 bits per heavy atom. The van der Waals surface area contributed by atoms with Crippen molar-refractivity contribution >= 4 is 23.2 Å². The zero-order chi connectivity index (χ0) is 13.3. The predicted octanol–water partition coefficient (Wildman–Crippen LogP) is 0.485. The van der Waals surface area contributed by atoms with E-state index in [0.29, 0.717) is 6.54 Å². The summed E-state index contributed by atoms with van der Waals surface area (Å²) in [5.74, 6) is -0.539. The average molecular weight is 267 g/mol. The second-order valence-corrected chi connectivity index (χ2v) is 5.81. The summed E-state index contributed by atoms with van der Waals surface area (Å²) in [5.41, 5.74) is 5.09. The Kier molecular flexibility index (Phi) is 3.52. The first-order chi connectivity index (χ1) is 8.46. The zero-order valence-corrected chi connectivity index (χ0v) is 11.3. The number of imide groups is 1. The van der Waals surface area contributed by atoms with Gasteiger partial charge in [-0.1, -0.05) is 6.07 Å². The van der Waals surface area contributed by atoms with Gasteiger partial charge in [-0.05, 0) is 25.3 Å². The van der Waals surface area contributed by atoms with Crippen molar-refractivity contribution in [3.8, 4) is 0 Å². The molecule has 1 fully saturated rings. The van der Waals surface area contributed by atoms with Crippen LogP contribution in [-0.2, 0) is 9.59 Å². The first kappa shape index (κ1) is 13.2. The van der Waals surface area contributed by atoms with E-state index in [0.717, 1.165) is 4.88 Å². The average Bonchev–Trinajstić information content (AvgIpc) is 2.80. The molecule has 0 aromatic carbocycles. The second-order valence-electron chi connectivity index (χ2n) is 4.83. The Bertz CT molecular complexity index is 456. The second kappa shape index (κ2) is 4.79. The van der Waals surface area contributed by atoms with Crippen LogP contribution in [-0.4, -0.2) is 35.3 Å². The third-order valence-electron chi connectivity index (χ3n) is 3.31. The summed E-state index contributed by atoms with van der Waals surface area (Å²) < 4.78 is 0. The molecule has 3 N–H and O–H groups in total. The fourth-order valence-electron chi connectivity index (χ4n) is 2.18. The Hall–Kier alpha value is -1.24. The highest BCUT2D eigenvalue weighted by molar-refractivity contribution is 7.10. The molecule has 1 aromatic heterocycles. The lowest BCUT2D eigenvalue weighted by Crippen LogP contribution is -2.65. The highest BCUT2D eigenvalue weighted by atomic mass is 32.1. The molecular formula is C12H17N3O2S. The molecule has 0 saturated carbocycles. The molecule has 0 radical (unpaired) electrons. The molecule has 18 heavy (non-hydrogen) atoms. The molecule has 1 saturated heterocycles. The van der Waals surface area contributed by atoms with Crippen LogP contribution < -0.4 is 11.1 Å². The number of hydrogen-bond acceptors (Lipinski definition) is 5. The Morgan fingerprint density at radius 3 is 2.83 bits per heavy atom. The van der Waals surface area contributed by atoms with Gasteiger partial charge in [-0.3, -0.25) is 19.8 Å². The maximum Gasteiger partial charge on any atom is 0.246 e. The molecular weight excluding hydrogens is 250 g/mol. The van der Waals surface area contributed by atoms with Gasteiger partial charge in [0.25, 0.3) is 0 Å². The molecule has 1 aliphatic heterocycles. The summed E-state index contributed by atoms with van der Waals surface area (Å²) in [6.45, 7) is 4.19. The summed E-state index contributed by atoms with van der Waals surface area (Å²) in [4.78, 5) is 26.4. The lowest BCUT2D eigenvalue weighted by atomic mass is 9.95. The van der Waals surface area contributed by atoms with E-state index >= 15 is 0 Å². The highest BCUT2D eigenvalue weighted by Crippen LogP contribution is 2.31. The van der Waals surface area contributed by atoms with Gasteiger partial charge in [-0.25, -0.2) is 0 Å². The maximum absolute atomic E-state index is 11.9. The lowest BCUT2D eigenvalue weighted by Gasteiger charge is -2.44. The molecule has 1 unspecified atom stereocenters. The summed E-state index contributed by atoms with van der Waals surface area (Å²) >= 11 is 1.59. The van der Waals surface area contributed by atoms with E-state index in [9.17, 15) is 9.59 Å². The number of carbonyl (C=O) groups excluding carboxylic acids is 2. The van der Waals surface area contributed by atoms with Gasteiger partial charge in [0.15, 0.2) is 0 Å². The topological polar surface area (TPSA) is 75.4 Å². The van der Waals surface area contributed by atoms with Crippen molar-refractivity contribution in [2.75, 3.05) is 13.1 Å². The lowest BCUT2D eigenvalue weighted by molar-refractivity contribution is -0.147.